The fourth-order valence-electron chi connectivity index (χ4n) is 2.04. The molecule has 2 N–H and O–H groups in total. The van der Waals surface area contributed by atoms with Gasteiger partial charge in [-0.05, 0) is 42.0 Å². The quantitative estimate of drug-likeness (QED) is 0.575. The van der Waals surface area contributed by atoms with E-state index >= 15 is 0 Å². The number of nitrogens with two attached hydrogens (primary N) is 1. The monoisotopic (exact) mass is 330 g/mol. The van der Waals surface area contributed by atoms with Gasteiger partial charge in [-0.3, -0.25) is 0 Å². The summed E-state index contributed by atoms with van der Waals surface area (Å²) in [6, 6.07) is 13.8. The molecule has 118 valence electrons. The van der Waals surface area contributed by atoms with E-state index in [1.165, 1.54) is 28.6 Å². The third kappa shape index (κ3) is 3.45. The van der Waals surface area contributed by atoms with Crippen LogP contribution in [0.2, 0.25) is 0 Å². The first kappa shape index (κ1) is 15.4. The number of thioether (sulfide) groups is 1. The third-order valence-electron chi connectivity index (χ3n) is 3.29. The number of benzene rings is 2. The minimum absolute atomic E-state index is 0.300. The molecule has 0 aliphatic carbocycles. The van der Waals surface area contributed by atoms with Crippen molar-refractivity contribution >= 4 is 11.8 Å². The maximum atomic E-state index is 13.0. The summed E-state index contributed by atoms with van der Waals surface area (Å²) in [6.07, 6.45) is 0. The molecule has 1 aromatic heterocycles. The second-order valence-electron chi connectivity index (χ2n) is 4.82. The summed E-state index contributed by atoms with van der Waals surface area (Å²) in [5.41, 5.74) is 1.85. The zero-order chi connectivity index (χ0) is 16.2. The predicted octanol–water partition coefficient (Wildman–Crippen LogP) is 3.10. The number of aromatic nitrogens is 3. The molecule has 0 fully saturated rings. The molecule has 7 heteroatoms. The second-order valence-corrected chi connectivity index (χ2v) is 5.76. The van der Waals surface area contributed by atoms with Crippen LogP contribution < -0.4 is 10.6 Å². The Kier molecular flexibility index (Phi) is 4.47. The summed E-state index contributed by atoms with van der Waals surface area (Å²) >= 11 is 1.48. The average Bonchev–Trinajstić information content (AvgIpc) is 2.95. The van der Waals surface area contributed by atoms with Crippen LogP contribution in [0.4, 0.5) is 4.39 Å². The van der Waals surface area contributed by atoms with Crippen molar-refractivity contribution in [2.45, 2.75) is 10.9 Å². The van der Waals surface area contributed by atoms with E-state index in [1.807, 2.05) is 24.3 Å². The summed E-state index contributed by atoms with van der Waals surface area (Å²) in [5, 5.41) is 8.77. The first-order valence-electron chi connectivity index (χ1n) is 6.89. The molecule has 3 rings (SSSR count). The second kappa shape index (κ2) is 6.70. The lowest BCUT2D eigenvalue weighted by atomic mass is 10.2. The number of methoxy groups -OCH3 is 1. The average molecular weight is 330 g/mol. The molecule has 0 spiro atoms. The molecule has 0 aliphatic heterocycles. The number of nitrogens with zero attached hydrogens (tertiary/aromatic N) is 3. The van der Waals surface area contributed by atoms with Crippen molar-refractivity contribution in [1.82, 2.24) is 14.9 Å². The summed E-state index contributed by atoms with van der Waals surface area (Å²) in [7, 11) is 1.64. The Morgan fingerprint density at radius 1 is 1.09 bits per heavy atom. The summed E-state index contributed by atoms with van der Waals surface area (Å²) in [5.74, 6) is 7.77. The number of hydrogen-bond donors (Lipinski definition) is 1. The Balaban J connectivity index is 1.72. The topological polar surface area (TPSA) is 66.0 Å². The maximum Gasteiger partial charge on any atom is 0.210 e. The molecule has 0 atom stereocenters. The van der Waals surface area contributed by atoms with Crippen molar-refractivity contribution in [2.24, 2.45) is 0 Å². The largest absolute Gasteiger partial charge is 0.497 e. The van der Waals surface area contributed by atoms with E-state index in [0.29, 0.717) is 16.7 Å². The van der Waals surface area contributed by atoms with Gasteiger partial charge in [0.2, 0.25) is 5.16 Å². The maximum absolute atomic E-state index is 13.0. The van der Waals surface area contributed by atoms with Crippen LogP contribution in [-0.4, -0.2) is 22.0 Å². The Labute approximate surface area is 137 Å². The van der Waals surface area contributed by atoms with E-state index in [0.717, 1.165) is 16.9 Å². The van der Waals surface area contributed by atoms with Gasteiger partial charge < -0.3 is 10.6 Å². The summed E-state index contributed by atoms with van der Waals surface area (Å²) in [6.45, 7) is 0. The molecule has 23 heavy (non-hydrogen) atoms. The van der Waals surface area contributed by atoms with Crippen LogP contribution in [-0.2, 0) is 5.75 Å². The van der Waals surface area contributed by atoms with Gasteiger partial charge in [-0.25, -0.2) is 9.07 Å². The molecule has 0 saturated heterocycles. The van der Waals surface area contributed by atoms with Crippen molar-refractivity contribution in [3.63, 3.8) is 0 Å². The molecule has 0 saturated carbocycles. The molecule has 3 aromatic rings. The fraction of sp³-hybridized carbons (Fsp3) is 0.125. The first-order valence-corrected chi connectivity index (χ1v) is 7.88. The molecule has 0 amide bonds. The Morgan fingerprint density at radius 3 is 2.43 bits per heavy atom. The summed E-state index contributed by atoms with van der Waals surface area (Å²) in [4.78, 5) is 0. The van der Waals surface area contributed by atoms with Gasteiger partial charge >= 0.3 is 0 Å². The lowest BCUT2D eigenvalue weighted by Gasteiger charge is -2.05. The number of halogens is 1. The van der Waals surface area contributed by atoms with Gasteiger partial charge in [0.25, 0.3) is 0 Å². The van der Waals surface area contributed by atoms with Gasteiger partial charge in [-0.2, -0.15) is 0 Å². The van der Waals surface area contributed by atoms with Crippen LogP contribution in [0, 0.1) is 5.82 Å². The van der Waals surface area contributed by atoms with Gasteiger partial charge in [0.15, 0.2) is 5.82 Å². The molecule has 1 heterocycles. The van der Waals surface area contributed by atoms with Crippen molar-refractivity contribution in [3.05, 3.63) is 59.9 Å². The van der Waals surface area contributed by atoms with E-state index in [-0.39, 0.29) is 5.82 Å². The highest BCUT2D eigenvalue weighted by Gasteiger charge is 2.12. The van der Waals surface area contributed by atoms with E-state index in [4.69, 9.17) is 10.6 Å². The highest BCUT2D eigenvalue weighted by molar-refractivity contribution is 7.98. The molecule has 0 radical (unpaired) electrons. The fourth-order valence-corrected chi connectivity index (χ4v) is 2.85. The van der Waals surface area contributed by atoms with Crippen LogP contribution in [0.15, 0.2) is 53.7 Å². The van der Waals surface area contributed by atoms with E-state index in [2.05, 4.69) is 10.2 Å². The molecule has 5 nitrogen and oxygen atoms in total. The number of hydrogen-bond acceptors (Lipinski definition) is 5. The molecular weight excluding hydrogens is 315 g/mol. The lowest BCUT2D eigenvalue weighted by Crippen LogP contribution is -2.11. The SMILES string of the molecule is COc1ccc(CSc2nnc(-c3ccc(F)cc3)n2N)cc1. The van der Waals surface area contributed by atoms with Crippen LogP contribution >= 0.6 is 11.8 Å². The van der Waals surface area contributed by atoms with Crippen molar-refractivity contribution in [1.29, 1.82) is 0 Å². The summed E-state index contributed by atoms with van der Waals surface area (Å²) < 4.78 is 19.5. The minimum Gasteiger partial charge on any atom is -0.497 e. The van der Waals surface area contributed by atoms with Crippen LogP contribution in [0.25, 0.3) is 11.4 Å². The number of nitrogen functional groups attached to an aromatic ring is 1. The highest BCUT2D eigenvalue weighted by atomic mass is 32.2. The van der Waals surface area contributed by atoms with Gasteiger partial charge in [-0.1, -0.05) is 23.9 Å². The molecule has 2 aromatic carbocycles. The van der Waals surface area contributed by atoms with Crippen LogP contribution in [0.1, 0.15) is 5.56 Å². The van der Waals surface area contributed by atoms with Crippen molar-refractivity contribution in [3.8, 4) is 17.1 Å². The zero-order valence-electron chi connectivity index (χ0n) is 12.4. The first-order chi connectivity index (χ1) is 11.2. The Hall–Kier alpha value is -2.54. The zero-order valence-corrected chi connectivity index (χ0v) is 13.3. The van der Waals surface area contributed by atoms with Crippen LogP contribution in [0.5, 0.6) is 5.75 Å². The highest BCUT2D eigenvalue weighted by Crippen LogP contribution is 2.25. The van der Waals surface area contributed by atoms with Gasteiger partial charge in [0.05, 0.1) is 7.11 Å². The Morgan fingerprint density at radius 2 is 1.78 bits per heavy atom. The standard InChI is InChI=1S/C16H15FN4OS/c1-22-14-8-2-11(3-9-14)10-23-16-20-19-15(21(16)18)12-4-6-13(17)7-5-12/h2-9H,10,18H2,1H3. The van der Waals surface area contributed by atoms with Crippen molar-refractivity contribution in [2.75, 3.05) is 13.0 Å². The number of rotatable bonds is 5. The molecular formula is C16H15FN4OS. The van der Waals surface area contributed by atoms with E-state index in [9.17, 15) is 4.39 Å². The normalized spacial score (nSPS) is 10.7. The van der Waals surface area contributed by atoms with Gasteiger partial charge in [0.1, 0.15) is 11.6 Å². The van der Waals surface area contributed by atoms with Crippen LogP contribution in [0.3, 0.4) is 0 Å². The molecule has 0 unspecified atom stereocenters. The third-order valence-corrected chi connectivity index (χ3v) is 4.31. The number of ether oxygens (including phenoxy) is 1. The minimum atomic E-state index is -0.300. The lowest BCUT2D eigenvalue weighted by molar-refractivity contribution is 0.414. The predicted molar refractivity (Wildman–Crippen MR) is 88.1 cm³/mol. The van der Waals surface area contributed by atoms with Gasteiger partial charge in [-0.15, -0.1) is 10.2 Å². The smallest absolute Gasteiger partial charge is 0.210 e. The Bertz CT molecular complexity index is 787. The van der Waals surface area contributed by atoms with Gasteiger partial charge in [0, 0.05) is 11.3 Å². The van der Waals surface area contributed by atoms with Crippen molar-refractivity contribution < 1.29 is 9.13 Å². The molecule has 0 aliphatic rings. The van der Waals surface area contributed by atoms with E-state index < -0.39 is 0 Å². The van der Waals surface area contributed by atoms with E-state index in [1.54, 1.807) is 19.2 Å². The molecule has 0 bridgehead atoms.